The summed E-state index contributed by atoms with van der Waals surface area (Å²) in [6.07, 6.45) is 2.88. The van der Waals surface area contributed by atoms with E-state index in [1.807, 2.05) is 41.8 Å². The van der Waals surface area contributed by atoms with Gasteiger partial charge >= 0.3 is 0 Å². The Bertz CT molecular complexity index is 1160. The Morgan fingerprint density at radius 2 is 1.64 bits per heavy atom. The first-order valence-electron chi connectivity index (χ1n) is 9.42. The van der Waals surface area contributed by atoms with Crippen LogP contribution in [0.15, 0.2) is 66.9 Å². The molecule has 0 bridgehead atoms. The highest BCUT2D eigenvalue weighted by Crippen LogP contribution is 2.34. The molecule has 140 valence electrons. The molecule has 4 rings (SSSR count). The Labute approximate surface area is 165 Å². The number of pyridine rings is 1. The second-order valence-electron chi connectivity index (χ2n) is 7.21. The van der Waals surface area contributed by atoms with Crippen molar-refractivity contribution in [2.75, 3.05) is 0 Å². The van der Waals surface area contributed by atoms with E-state index in [-0.39, 0.29) is 0 Å². The van der Waals surface area contributed by atoms with Crippen molar-refractivity contribution in [1.29, 1.82) is 0 Å². The summed E-state index contributed by atoms with van der Waals surface area (Å²) in [7, 11) is 0. The average molecular weight is 369 g/mol. The standard InChI is InChI=1S/C25H23NO2/c1-17-8-7-11-26-23(17)14-22(24(26)15-27)21-12-19(3)25(13-18(21)2)28-16-20-9-5-4-6-10-20/h4-15H,16H2,1-3H3. The maximum atomic E-state index is 11.9. The molecule has 4 aromatic rings. The van der Waals surface area contributed by atoms with E-state index in [0.717, 1.165) is 50.9 Å². The lowest BCUT2D eigenvalue weighted by Gasteiger charge is -2.13. The third-order valence-corrected chi connectivity index (χ3v) is 5.22. The maximum Gasteiger partial charge on any atom is 0.167 e. The molecule has 0 aliphatic carbocycles. The van der Waals surface area contributed by atoms with Crippen LogP contribution in [0.1, 0.15) is 32.7 Å². The number of carbonyl (C=O) groups excluding carboxylic acids is 1. The van der Waals surface area contributed by atoms with Gasteiger partial charge in [-0.15, -0.1) is 0 Å². The van der Waals surface area contributed by atoms with E-state index in [1.165, 1.54) is 0 Å². The van der Waals surface area contributed by atoms with Crippen LogP contribution in [-0.4, -0.2) is 10.7 Å². The number of benzene rings is 2. The monoisotopic (exact) mass is 369 g/mol. The lowest BCUT2D eigenvalue weighted by Crippen LogP contribution is -1.99. The average Bonchev–Trinajstić information content (AvgIpc) is 3.09. The lowest BCUT2D eigenvalue weighted by molar-refractivity contribution is 0.111. The largest absolute Gasteiger partial charge is 0.489 e. The summed E-state index contributed by atoms with van der Waals surface area (Å²) in [6, 6.07) is 20.5. The first-order valence-corrected chi connectivity index (χ1v) is 9.42. The van der Waals surface area contributed by atoms with E-state index in [0.29, 0.717) is 12.3 Å². The van der Waals surface area contributed by atoms with Gasteiger partial charge in [-0.25, -0.2) is 0 Å². The molecule has 0 spiro atoms. The molecule has 0 fully saturated rings. The van der Waals surface area contributed by atoms with E-state index >= 15 is 0 Å². The fraction of sp³-hybridized carbons (Fsp3) is 0.160. The van der Waals surface area contributed by atoms with Gasteiger partial charge in [-0.2, -0.15) is 0 Å². The van der Waals surface area contributed by atoms with Gasteiger partial charge in [0.15, 0.2) is 6.29 Å². The number of hydrogen-bond acceptors (Lipinski definition) is 2. The van der Waals surface area contributed by atoms with Crippen LogP contribution in [0.3, 0.4) is 0 Å². The topological polar surface area (TPSA) is 30.7 Å². The molecule has 0 saturated carbocycles. The van der Waals surface area contributed by atoms with Crippen LogP contribution in [0.2, 0.25) is 0 Å². The molecule has 0 amide bonds. The zero-order chi connectivity index (χ0) is 19.7. The molecule has 28 heavy (non-hydrogen) atoms. The molecule has 0 saturated heterocycles. The number of aldehydes is 1. The highest BCUT2D eigenvalue weighted by Gasteiger charge is 2.16. The highest BCUT2D eigenvalue weighted by molar-refractivity contribution is 5.91. The molecular weight excluding hydrogens is 346 g/mol. The molecule has 0 atom stereocenters. The van der Waals surface area contributed by atoms with E-state index in [2.05, 4.69) is 50.2 Å². The van der Waals surface area contributed by atoms with Crippen LogP contribution in [0.4, 0.5) is 0 Å². The van der Waals surface area contributed by atoms with Crippen molar-refractivity contribution in [2.24, 2.45) is 0 Å². The molecule has 3 heteroatoms. The number of rotatable bonds is 5. The molecule has 0 unspecified atom stereocenters. The maximum absolute atomic E-state index is 11.9. The minimum atomic E-state index is 0.537. The van der Waals surface area contributed by atoms with Gasteiger partial charge in [0.05, 0.1) is 5.69 Å². The minimum absolute atomic E-state index is 0.537. The van der Waals surface area contributed by atoms with Crippen LogP contribution in [0.25, 0.3) is 16.6 Å². The van der Waals surface area contributed by atoms with Crippen LogP contribution in [0, 0.1) is 20.8 Å². The van der Waals surface area contributed by atoms with Crippen LogP contribution in [-0.2, 0) is 6.61 Å². The third-order valence-electron chi connectivity index (χ3n) is 5.22. The minimum Gasteiger partial charge on any atom is -0.489 e. The molecule has 0 aliphatic rings. The Morgan fingerprint density at radius 1 is 0.857 bits per heavy atom. The molecule has 2 aromatic heterocycles. The lowest BCUT2D eigenvalue weighted by atomic mass is 9.97. The van der Waals surface area contributed by atoms with Crippen LogP contribution >= 0.6 is 0 Å². The van der Waals surface area contributed by atoms with Crippen molar-refractivity contribution in [3.8, 4) is 16.9 Å². The predicted octanol–water partition coefficient (Wildman–Crippen LogP) is 5.92. The Balaban J connectivity index is 1.73. The second-order valence-corrected chi connectivity index (χ2v) is 7.21. The van der Waals surface area contributed by atoms with Gasteiger partial charge in [0.2, 0.25) is 0 Å². The van der Waals surface area contributed by atoms with Crippen molar-refractivity contribution < 1.29 is 9.53 Å². The zero-order valence-corrected chi connectivity index (χ0v) is 16.4. The molecule has 0 radical (unpaired) electrons. The van der Waals surface area contributed by atoms with Crippen LogP contribution in [0.5, 0.6) is 5.75 Å². The number of aryl methyl sites for hydroxylation is 3. The normalized spacial score (nSPS) is 11.0. The van der Waals surface area contributed by atoms with Gasteiger partial charge in [-0.1, -0.05) is 36.4 Å². The summed E-state index contributed by atoms with van der Waals surface area (Å²) in [6.45, 7) is 6.71. The van der Waals surface area contributed by atoms with Gasteiger partial charge in [-0.3, -0.25) is 4.79 Å². The fourth-order valence-electron chi connectivity index (χ4n) is 3.67. The number of aromatic nitrogens is 1. The first kappa shape index (κ1) is 18.1. The summed E-state index contributed by atoms with van der Waals surface area (Å²) < 4.78 is 8.02. The number of carbonyl (C=O) groups is 1. The quantitative estimate of drug-likeness (QED) is 0.409. The number of hydrogen-bond donors (Lipinski definition) is 0. The third kappa shape index (κ3) is 3.20. The van der Waals surface area contributed by atoms with Crippen molar-refractivity contribution in [1.82, 2.24) is 4.40 Å². The smallest absolute Gasteiger partial charge is 0.167 e. The van der Waals surface area contributed by atoms with Gasteiger partial charge < -0.3 is 9.14 Å². The van der Waals surface area contributed by atoms with Gasteiger partial charge in [0, 0.05) is 17.3 Å². The Morgan fingerprint density at radius 3 is 2.39 bits per heavy atom. The van der Waals surface area contributed by atoms with Gasteiger partial charge in [-0.05, 0) is 72.9 Å². The van der Waals surface area contributed by atoms with Gasteiger partial charge in [0.25, 0.3) is 0 Å². The van der Waals surface area contributed by atoms with Gasteiger partial charge in [0.1, 0.15) is 12.4 Å². The van der Waals surface area contributed by atoms with E-state index in [1.54, 1.807) is 0 Å². The van der Waals surface area contributed by atoms with Crippen molar-refractivity contribution in [3.05, 3.63) is 94.8 Å². The van der Waals surface area contributed by atoms with E-state index < -0.39 is 0 Å². The Kier molecular flexibility index (Phi) is 4.74. The molecule has 2 heterocycles. The summed E-state index contributed by atoms with van der Waals surface area (Å²) in [5.74, 6) is 0.873. The SMILES string of the molecule is Cc1cc(-c2cc3c(C)cccn3c2C=O)c(C)cc1OCc1ccccc1. The predicted molar refractivity (Wildman–Crippen MR) is 113 cm³/mol. The fourth-order valence-corrected chi connectivity index (χ4v) is 3.67. The summed E-state index contributed by atoms with van der Waals surface area (Å²) >= 11 is 0. The highest BCUT2D eigenvalue weighted by atomic mass is 16.5. The summed E-state index contributed by atoms with van der Waals surface area (Å²) in [4.78, 5) is 11.9. The number of fused-ring (bicyclic) bond motifs is 1. The van der Waals surface area contributed by atoms with Crippen molar-refractivity contribution in [2.45, 2.75) is 27.4 Å². The number of nitrogens with zero attached hydrogens (tertiary/aromatic N) is 1. The molecule has 0 aliphatic heterocycles. The van der Waals surface area contributed by atoms with Crippen LogP contribution < -0.4 is 4.74 Å². The summed E-state index contributed by atoms with van der Waals surface area (Å²) in [5.41, 5.74) is 8.19. The first-order chi connectivity index (χ1) is 13.6. The van der Waals surface area contributed by atoms with Crippen molar-refractivity contribution >= 4 is 11.8 Å². The molecule has 2 aromatic carbocycles. The Hall–Kier alpha value is -3.33. The second kappa shape index (κ2) is 7.35. The molecular formula is C25H23NO2. The van der Waals surface area contributed by atoms with E-state index in [9.17, 15) is 4.79 Å². The van der Waals surface area contributed by atoms with E-state index in [4.69, 9.17) is 4.74 Å². The number of ether oxygens (including phenoxy) is 1. The van der Waals surface area contributed by atoms with Crippen molar-refractivity contribution in [3.63, 3.8) is 0 Å². The zero-order valence-electron chi connectivity index (χ0n) is 16.4. The molecule has 0 N–H and O–H groups in total. The molecule has 3 nitrogen and oxygen atoms in total. The summed E-state index contributed by atoms with van der Waals surface area (Å²) in [5, 5.41) is 0.